The summed E-state index contributed by atoms with van der Waals surface area (Å²) in [4.78, 5) is 12.2. The average molecular weight is 298 g/mol. The van der Waals surface area contributed by atoms with Crippen molar-refractivity contribution in [2.24, 2.45) is 11.8 Å². The fourth-order valence-corrected chi connectivity index (χ4v) is 3.55. The Morgan fingerprint density at radius 1 is 1.41 bits per heavy atom. The van der Waals surface area contributed by atoms with Gasteiger partial charge in [-0.1, -0.05) is 43.3 Å². The average Bonchev–Trinajstić information content (AvgIpc) is 2.93. The van der Waals surface area contributed by atoms with E-state index in [0.29, 0.717) is 18.6 Å². The van der Waals surface area contributed by atoms with E-state index in [4.69, 9.17) is 9.47 Å². The van der Waals surface area contributed by atoms with Crippen LogP contribution in [0.1, 0.15) is 25.3 Å². The van der Waals surface area contributed by atoms with Crippen LogP contribution >= 0.6 is 0 Å². The maximum Gasteiger partial charge on any atom is 0.189 e. The van der Waals surface area contributed by atoms with Crippen LogP contribution in [0.2, 0.25) is 0 Å². The molecule has 3 heteroatoms. The van der Waals surface area contributed by atoms with E-state index < -0.39 is 5.60 Å². The molecule has 2 aliphatic rings. The molecule has 0 N–H and O–H groups in total. The van der Waals surface area contributed by atoms with Crippen molar-refractivity contribution < 1.29 is 14.3 Å². The lowest BCUT2D eigenvalue weighted by molar-refractivity contribution is -0.123. The Morgan fingerprint density at radius 2 is 2.18 bits per heavy atom. The molecular formula is C19H22O3. The molecule has 1 aliphatic carbocycles. The number of rotatable bonds is 5. The summed E-state index contributed by atoms with van der Waals surface area (Å²) in [5.41, 5.74) is 0.800. The Balaban J connectivity index is 1.86. The van der Waals surface area contributed by atoms with Crippen LogP contribution in [0.4, 0.5) is 0 Å². The first-order chi connectivity index (χ1) is 10.7. The number of ketones is 1. The van der Waals surface area contributed by atoms with Gasteiger partial charge in [-0.15, -0.1) is 6.58 Å². The summed E-state index contributed by atoms with van der Waals surface area (Å²) in [6.07, 6.45) is 5.72. The van der Waals surface area contributed by atoms with Gasteiger partial charge in [-0.3, -0.25) is 4.79 Å². The van der Waals surface area contributed by atoms with Gasteiger partial charge in [0.1, 0.15) is 11.4 Å². The molecule has 0 saturated carbocycles. The maximum atomic E-state index is 12.2. The second-order valence-electron chi connectivity index (χ2n) is 6.22. The number of hydrogen-bond donors (Lipinski definition) is 0. The van der Waals surface area contributed by atoms with E-state index in [-0.39, 0.29) is 24.4 Å². The number of fused-ring (bicyclic) bond motifs is 1. The third kappa shape index (κ3) is 2.61. The first-order valence-corrected chi connectivity index (χ1v) is 7.83. The van der Waals surface area contributed by atoms with Crippen LogP contribution < -0.4 is 0 Å². The normalized spacial score (nSPS) is 28.5. The second kappa shape index (κ2) is 6.09. The molecule has 0 unspecified atom stereocenters. The number of carbonyl (C=O) groups is 1. The van der Waals surface area contributed by atoms with E-state index >= 15 is 0 Å². The van der Waals surface area contributed by atoms with E-state index in [0.717, 1.165) is 6.42 Å². The number of benzene rings is 1. The van der Waals surface area contributed by atoms with Crippen LogP contribution in [0, 0.1) is 11.8 Å². The molecule has 0 aromatic heterocycles. The van der Waals surface area contributed by atoms with Crippen molar-refractivity contribution in [3.63, 3.8) is 0 Å². The molecule has 1 fully saturated rings. The maximum absolute atomic E-state index is 12.2. The monoisotopic (exact) mass is 298 g/mol. The lowest BCUT2D eigenvalue weighted by atomic mass is 9.71. The van der Waals surface area contributed by atoms with Gasteiger partial charge in [0.2, 0.25) is 0 Å². The van der Waals surface area contributed by atoms with Crippen molar-refractivity contribution >= 4 is 5.78 Å². The summed E-state index contributed by atoms with van der Waals surface area (Å²) in [6, 6.07) is 10.4. The van der Waals surface area contributed by atoms with Crippen molar-refractivity contribution in [2.45, 2.75) is 31.8 Å². The zero-order valence-electron chi connectivity index (χ0n) is 13.0. The molecule has 1 saturated heterocycles. The van der Waals surface area contributed by atoms with Crippen LogP contribution in [0.15, 0.2) is 54.8 Å². The lowest BCUT2D eigenvalue weighted by Crippen LogP contribution is -2.44. The van der Waals surface area contributed by atoms with Crippen molar-refractivity contribution in [1.29, 1.82) is 0 Å². The minimum atomic E-state index is -0.475. The first kappa shape index (κ1) is 15.0. The third-order valence-electron chi connectivity index (χ3n) is 4.81. The SMILES string of the molecule is C=CC[C@H]1C[C@]2([C@@H](C)Cc3ccccc3)OCOC2=CC1=O. The molecule has 1 aliphatic heterocycles. The summed E-state index contributed by atoms with van der Waals surface area (Å²) in [5.74, 6) is 1.02. The standard InChI is InChI=1S/C19H22O3/c1-3-7-16-12-19(18(11-17(16)20)21-13-22-19)14(2)10-15-8-5-4-6-9-15/h3-6,8-9,11,14,16H,1,7,10,12-13H2,2H3/t14-,16-,19+/m0/s1. The van der Waals surface area contributed by atoms with Crippen molar-refractivity contribution in [2.75, 3.05) is 6.79 Å². The quantitative estimate of drug-likeness (QED) is 0.778. The van der Waals surface area contributed by atoms with Crippen molar-refractivity contribution in [3.05, 3.63) is 60.4 Å². The largest absolute Gasteiger partial charge is 0.469 e. The van der Waals surface area contributed by atoms with Gasteiger partial charge in [-0.25, -0.2) is 0 Å². The van der Waals surface area contributed by atoms with E-state index in [1.165, 1.54) is 5.56 Å². The van der Waals surface area contributed by atoms with E-state index in [9.17, 15) is 4.79 Å². The Hall–Kier alpha value is -1.87. The Morgan fingerprint density at radius 3 is 2.91 bits per heavy atom. The highest BCUT2D eigenvalue weighted by Crippen LogP contribution is 2.46. The first-order valence-electron chi connectivity index (χ1n) is 7.83. The third-order valence-corrected chi connectivity index (χ3v) is 4.81. The highest BCUT2D eigenvalue weighted by Gasteiger charge is 2.51. The Kier molecular flexibility index (Phi) is 4.16. The minimum absolute atomic E-state index is 0.0545. The fourth-order valence-electron chi connectivity index (χ4n) is 3.55. The van der Waals surface area contributed by atoms with Gasteiger partial charge in [-0.2, -0.15) is 0 Å². The summed E-state index contributed by atoms with van der Waals surface area (Å²) < 4.78 is 11.6. The van der Waals surface area contributed by atoms with Crippen LogP contribution in [0.5, 0.6) is 0 Å². The van der Waals surface area contributed by atoms with Crippen LogP contribution in [0.3, 0.4) is 0 Å². The summed E-state index contributed by atoms with van der Waals surface area (Å²) in [5, 5.41) is 0. The van der Waals surface area contributed by atoms with Gasteiger partial charge in [0.05, 0.1) is 0 Å². The van der Waals surface area contributed by atoms with Gasteiger partial charge in [0.15, 0.2) is 12.6 Å². The molecule has 3 nitrogen and oxygen atoms in total. The fraction of sp³-hybridized carbons (Fsp3) is 0.421. The zero-order valence-corrected chi connectivity index (χ0v) is 13.0. The predicted octanol–water partition coefficient (Wildman–Crippen LogP) is 3.66. The highest BCUT2D eigenvalue weighted by atomic mass is 16.7. The van der Waals surface area contributed by atoms with Crippen LogP contribution in [-0.2, 0) is 20.7 Å². The summed E-state index contributed by atoms with van der Waals surface area (Å²) >= 11 is 0. The van der Waals surface area contributed by atoms with E-state index in [2.05, 4.69) is 25.6 Å². The van der Waals surface area contributed by atoms with Gasteiger partial charge in [-0.05, 0) is 30.7 Å². The molecule has 0 radical (unpaired) electrons. The lowest BCUT2D eigenvalue weighted by Gasteiger charge is -2.38. The minimum Gasteiger partial charge on any atom is -0.469 e. The Bertz CT molecular complexity index is 590. The molecule has 1 heterocycles. The predicted molar refractivity (Wildman–Crippen MR) is 85.1 cm³/mol. The van der Waals surface area contributed by atoms with E-state index in [1.54, 1.807) is 6.08 Å². The van der Waals surface area contributed by atoms with Crippen LogP contribution in [0.25, 0.3) is 0 Å². The van der Waals surface area contributed by atoms with Gasteiger partial charge in [0, 0.05) is 12.0 Å². The molecule has 116 valence electrons. The van der Waals surface area contributed by atoms with Gasteiger partial charge >= 0.3 is 0 Å². The molecule has 0 spiro atoms. The number of hydrogen-bond acceptors (Lipinski definition) is 3. The van der Waals surface area contributed by atoms with E-state index in [1.807, 2.05) is 24.3 Å². The number of allylic oxidation sites excluding steroid dienone is 2. The molecular weight excluding hydrogens is 276 g/mol. The number of ether oxygens (including phenoxy) is 2. The molecule has 1 aromatic rings. The molecule has 1 aromatic carbocycles. The van der Waals surface area contributed by atoms with Gasteiger partial charge in [0.25, 0.3) is 0 Å². The highest BCUT2D eigenvalue weighted by molar-refractivity contribution is 5.93. The molecule has 3 rings (SSSR count). The topological polar surface area (TPSA) is 35.5 Å². The second-order valence-corrected chi connectivity index (χ2v) is 6.22. The summed E-state index contributed by atoms with van der Waals surface area (Å²) in [7, 11) is 0. The Labute approximate surface area is 131 Å². The molecule has 0 bridgehead atoms. The van der Waals surface area contributed by atoms with Crippen molar-refractivity contribution in [1.82, 2.24) is 0 Å². The van der Waals surface area contributed by atoms with Gasteiger partial charge < -0.3 is 9.47 Å². The summed E-state index contributed by atoms with van der Waals surface area (Å²) in [6.45, 7) is 6.18. The van der Waals surface area contributed by atoms with Crippen molar-refractivity contribution in [3.8, 4) is 0 Å². The molecule has 3 atom stereocenters. The smallest absolute Gasteiger partial charge is 0.189 e. The molecule has 0 amide bonds. The zero-order chi connectivity index (χ0) is 15.6. The van der Waals surface area contributed by atoms with Crippen LogP contribution in [-0.4, -0.2) is 18.2 Å². The number of carbonyl (C=O) groups excluding carboxylic acids is 1. The molecule has 22 heavy (non-hydrogen) atoms.